The van der Waals surface area contributed by atoms with E-state index in [0.717, 1.165) is 11.1 Å². The fourth-order valence-corrected chi connectivity index (χ4v) is 3.11. The lowest BCUT2D eigenvalue weighted by atomic mass is 10.1. The molecule has 3 rings (SSSR count). The fraction of sp³-hybridized carbons (Fsp3) is 0.0526. The quantitative estimate of drug-likeness (QED) is 0.825. The number of amides is 1. The van der Waals surface area contributed by atoms with Crippen LogP contribution < -0.4 is 5.32 Å². The predicted molar refractivity (Wildman–Crippen MR) is 99.1 cm³/mol. The van der Waals surface area contributed by atoms with Gasteiger partial charge in [0.05, 0.1) is 10.6 Å². The minimum absolute atomic E-state index is 0.142. The molecule has 5 heteroatoms. The van der Waals surface area contributed by atoms with Crippen LogP contribution in [-0.4, -0.2) is 16.2 Å². The normalized spacial score (nSPS) is 18.2. The van der Waals surface area contributed by atoms with E-state index in [-0.39, 0.29) is 11.7 Å². The van der Waals surface area contributed by atoms with E-state index in [1.165, 1.54) is 11.8 Å². The highest BCUT2D eigenvalue weighted by atomic mass is 32.2. The van der Waals surface area contributed by atoms with E-state index in [9.17, 15) is 9.90 Å². The molecular formula is C19H16N2O2S. The molecule has 2 N–H and O–H groups in total. The summed E-state index contributed by atoms with van der Waals surface area (Å²) in [5.74, 6) is -0.0247. The largest absolute Gasteiger partial charge is 0.508 e. The summed E-state index contributed by atoms with van der Waals surface area (Å²) in [5.41, 5.74) is 2.66. The molecule has 24 heavy (non-hydrogen) atoms. The number of thioether (sulfide) groups is 1. The van der Waals surface area contributed by atoms with E-state index in [4.69, 9.17) is 0 Å². The van der Waals surface area contributed by atoms with Crippen LogP contribution in [0.3, 0.4) is 0 Å². The second kappa shape index (κ2) is 7.19. The SMILES string of the molecule is CC(=Cc1ccccc1)C=C1SC(=Nc2cccc(O)c2)NC1=O. The van der Waals surface area contributed by atoms with Crippen molar-refractivity contribution < 1.29 is 9.90 Å². The minimum atomic E-state index is -0.167. The van der Waals surface area contributed by atoms with E-state index in [2.05, 4.69) is 10.3 Å². The lowest BCUT2D eigenvalue weighted by Crippen LogP contribution is -2.19. The average molecular weight is 336 g/mol. The van der Waals surface area contributed by atoms with Crippen molar-refractivity contribution in [1.82, 2.24) is 5.32 Å². The second-order valence-electron chi connectivity index (χ2n) is 5.30. The average Bonchev–Trinajstić information content (AvgIpc) is 2.87. The van der Waals surface area contributed by atoms with Gasteiger partial charge in [-0.05, 0) is 48.0 Å². The highest BCUT2D eigenvalue weighted by Crippen LogP contribution is 2.28. The van der Waals surface area contributed by atoms with E-state index >= 15 is 0 Å². The van der Waals surface area contributed by atoms with Crippen molar-refractivity contribution in [2.75, 3.05) is 0 Å². The maximum absolute atomic E-state index is 12.1. The van der Waals surface area contributed by atoms with Crippen molar-refractivity contribution >= 4 is 34.6 Å². The molecule has 0 saturated carbocycles. The van der Waals surface area contributed by atoms with Gasteiger partial charge in [-0.3, -0.25) is 4.79 Å². The van der Waals surface area contributed by atoms with Crippen LogP contribution in [0.5, 0.6) is 5.75 Å². The van der Waals surface area contributed by atoms with Crippen molar-refractivity contribution in [2.24, 2.45) is 4.99 Å². The van der Waals surface area contributed by atoms with Crippen molar-refractivity contribution in [3.05, 3.63) is 76.7 Å². The zero-order chi connectivity index (χ0) is 16.9. The number of phenols is 1. The first-order valence-corrected chi connectivity index (χ1v) is 8.24. The molecule has 0 unspecified atom stereocenters. The van der Waals surface area contributed by atoms with E-state index in [1.807, 2.05) is 49.4 Å². The number of nitrogens with zero attached hydrogens (tertiary/aromatic N) is 1. The zero-order valence-corrected chi connectivity index (χ0v) is 13.9. The van der Waals surface area contributed by atoms with Gasteiger partial charge in [0.25, 0.3) is 5.91 Å². The number of carbonyl (C=O) groups excluding carboxylic acids is 1. The number of hydrogen-bond acceptors (Lipinski definition) is 4. The number of rotatable bonds is 3. The molecule has 0 spiro atoms. The van der Waals surface area contributed by atoms with Gasteiger partial charge >= 0.3 is 0 Å². The molecule has 2 aromatic rings. The molecule has 0 atom stereocenters. The van der Waals surface area contributed by atoms with E-state index < -0.39 is 0 Å². The summed E-state index contributed by atoms with van der Waals surface area (Å²) in [4.78, 5) is 17.0. The fourth-order valence-electron chi connectivity index (χ4n) is 2.22. The minimum Gasteiger partial charge on any atom is -0.508 e. The molecule has 0 radical (unpaired) electrons. The van der Waals surface area contributed by atoms with E-state index in [1.54, 1.807) is 24.3 Å². The molecule has 0 bridgehead atoms. The number of aromatic hydroxyl groups is 1. The number of benzene rings is 2. The second-order valence-corrected chi connectivity index (χ2v) is 6.33. The Bertz CT molecular complexity index is 855. The van der Waals surface area contributed by atoms with Gasteiger partial charge in [-0.25, -0.2) is 4.99 Å². The van der Waals surface area contributed by atoms with E-state index in [0.29, 0.717) is 15.8 Å². The lowest BCUT2D eigenvalue weighted by Gasteiger charge is -1.97. The van der Waals surface area contributed by atoms with Gasteiger partial charge in [0, 0.05) is 6.07 Å². The van der Waals surface area contributed by atoms with Gasteiger partial charge in [-0.15, -0.1) is 0 Å². The molecule has 1 heterocycles. The molecule has 120 valence electrons. The summed E-state index contributed by atoms with van der Waals surface area (Å²) < 4.78 is 0. The smallest absolute Gasteiger partial charge is 0.264 e. The Balaban J connectivity index is 1.78. The van der Waals surface area contributed by atoms with Crippen LogP contribution in [0.2, 0.25) is 0 Å². The molecule has 0 aliphatic carbocycles. The van der Waals surface area contributed by atoms with Crippen LogP contribution >= 0.6 is 11.8 Å². The third kappa shape index (κ3) is 4.14. The molecule has 2 aromatic carbocycles. The van der Waals surface area contributed by atoms with Gasteiger partial charge in [-0.1, -0.05) is 42.5 Å². The molecule has 1 aliphatic rings. The third-order valence-corrected chi connectivity index (χ3v) is 4.17. The number of hydrogen-bond donors (Lipinski definition) is 2. The summed E-state index contributed by atoms with van der Waals surface area (Å²) in [6, 6.07) is 16.5. The Morgan fingerprint density at radius 3 is 2.71 bits per heavy atom. The monoisotopic (exact) mass is 336 g/mol. The molecule has 0 aromatic heterocycles. The predicted octanol–water partition coefficient (Wildman–Crippen LogP) is 4.23. The maximum Gasteiger partial charge on any atom is 0.264 e. The maximum atomic E-state index is 12.1. The Labute approximate surface area is 144 Å². The van der Waals surface area contributed by atoms with Crippen molar-refractivity contribution in [3.63, 3.8) is 0 Å². The van der Waals surface area contributed by atoms with Gasteiger partial charge in [0.2, 0.25) is 0 Å². The summed E-state index contributed by atoms with van der Waals surface area (Å²) >= 11 is 1.29. The van der Waals surface area contributed by atoms with Crippen LogP contribution in [0.15, 0.2) is 76.1 Å². The highest BCUT2D eigenvalue weighted by molar-refractivity contribution is 8.18. The molecule has 1 fully saturated rings. The molecule has 4 nitrogen and oxygen atoms in total. The number of phenolic OH excluding ortho intramolecular Hbond substituents is 1. The molecule has 1 aliphatic heterocycles. The molecule has 1 amide bonds. The topological polar surface area (TPSA) is 61.7 Å². The number of aliphatic imine (C=N–C) groups is 1. The summed E-state index contributed by atoms with van der Waals surface area (Å²) in [6.45, 7) is 1.96. The van der Waals surface area contributed by atoms with Gasteiger partial charge < -0.3 is 10.4 Å². The third-order valence-electron chi connectivity index (χ3n) is 3.26. The first-order valence-electron chi connectivity index (χ1n) is 7.42. The summed E-state index contributed by atoms with van der Waals surface area (Å²) in [7, 11) is 0. The number of allylic oxidation sites excluding steroid dienone is 2. The van der Waals surface area contributed by atoms with Crippen LogP contribution in [0.4, 0.5) is 5.69 Å². The van der Waals surface area contributed by atoms with Gasteiger partial charge in [-0.2, -0.15) is 0 Å². The van der Waals surface area contributed by atoms with Gasteiger partial charge in [0.15, 0.2) is 5.17 Å². The zero-order valence-electron chi connectivity index (χ0n) is 13.1. The van der Waals surface area contributed by atoms with Crippen molar-refractivity contribution in [2.45, 2.75) is 6.92 Å². The Hall–Kier alpha value is -2.79. The lowest BCUT2D eigenvalue weighted by molar-refractivity contribution is -0.115. The van der Waals surface area contributed by atoms with Crippen LogP contribution in [-0.2, 0) is 4.79 Å². The standard InChI is InChI=1S/C19H16N2O2S/c1-13(10-14-6-3-2-4-7-14)11-17-18(23)21-19(24-17)20-15-8-5-9-16(22)12-15/h2-12,22H,1H3,(H,20,21,23). The number of nitrogens with one attached hydrogen (secondary N) is 1. The van der Waals surface area contributed by atoms with Gasteiger partial charge in [0.1, 0.15) is 5.75 Å². The number of amidine groups is 1. The highest BCUT2D eigenvalue weighted by Gasteiger charge is 2.23. The van der Waals surface area contributed by atoms with Crippen LogP contribution in [0.1, 0.15) is 12.5 Å². The Morgan fingerprint density at radius 2 is 1.96 bits per heavy atom. The first-order chi connectivity index (χ1) is 11.6. The number of carbonyl (C=O) groups is 1. The first kappa shape index (κ1) is 16.1. The van der Waals surface area contributed by atoms with Crippen molar-refractivity contribution in [1.29, 1.82) is 0 Å². The molecule has 1 saturated heterocycles. The van der Waals surface area contributed by atoms with Crippen molar-refractivity contribution in [3.8, 4) is 5.75 Å². The summed E-state index contributed by atoms with van der Waals surface area (Å²) in [5, 5.41) is 12.7. The van der Waals surface area contributed by atoms with Crippen LogP contribution in [0, 0.1) is 0 Å². The Kier molecular flexibility index (Phi) is 4.82. The Morgan fingerprint density at radius 1 is 1.17 bits per heavy atom. The van der Waals surface area contributed by atoms with Crippen LogP contribution in [0.25, 0.3) is 6.08 Å². The molecular weight excluding hydrogens is 320 g/mol. The summed E-state index contributed by atoms with van der Waals surface area (Å²) in [6.07, 6.45) is 3.86.